The Kier molecular flexibility index (Phi) is 4.04. The fraction of sp³-hybridized carbons (Fsp3) is 0.0370. The Morgan fingerprint density at radius 3 is 2.09 bits per heavy atom. The van der Waals surface area contributed by atoms with E-state index >= 15 is 0 Å². The standard InChI is InChI=1S/C27H15N3O2S2/c1-30-25(21-12-16-8-4-5-9-20(16)33-21)29-27-26(30)28-22(34-27)13-19-23(31)17-10-14-6-2-3-7-15(14)11-18(17)24(19)32/h2-13H,1H3. The van der Waals surface area contributed by atoms with Crippen LogP contribution < -0.4 is 0 Å². The zero-order valence-corrected chi connectivity index (χ0v) is 19.5. The molecule has 1 aliphatic rings. The molecule has 3 heterocycles. The van der Waals surface area contributed by atoms with Crippen LogP contribution in [-0.4, -0.2) is 26.1 Å². The zero-order valence-electron chi connectivity index (χ0n) is 17.9. The molecule has 3 aromatic carbocycles. The lowest BCUT2D eigenvalue weighted by Gasteiger charge is -2.00. The Hall–Kier alpha value is -3.94. The number of nitrogens with zero attached hydrogens (tertiary/aromatic N) is 3. The molecule has 6 aromatic rings. The van der Waals surface area contributed by atoms with Gasteiger partial charge in [0, 0.05) is 22.9 Å². The predicted octanol–water partition coefficient (Wildman–Crippen LogP) is 6.53. The number of hydrogen-bond acceptors (Lipinski definition) is 6. The van der Waals surface area contributed by atoms with Gasteiger partial charge in [-0.2, -0.15) is 0 Å². The van der Waals surface area contributed by atoms with E-state index in [1.165, 1.54) is 21.4 Å². The summed E-state index contributed by atoms with van der Waals surface area (Å²) in [7, 11) is 1.94. The van der Waals surface area contributed by atoms with Gasteiger partial charge in [-0.25, -0.2) is 9.97 Å². The number of carbonyl (C=O) groups is 2. The first-order chi connectivity index (χ1) is 16.6. The van der Waals surface area contributed by atoms with Crippen LogP contribution in [0.4, 0.5) is 0 Å². The molecule has 162 valence electrons. The van der Waals surface area contributed by atoms with Crippen molar-refractivity contribution in [3.05, 3.63) is 88.4 Å². The van der Waals surface area contributed by atoms with Crippen LogP contribution >= 0.6 is 22.7 Å². The van der Waals surface area contributed by atoms with Gasteiger partial charge in [0.25, 0.3) is 0 Å². The number of thiazole rings is 1. The highest BCUT2D eigenvalue weighted by Crippen LogP contribution is 2.36. The molecule has 3 aromatic heterocycles. The molecular formula is C27H15N3O2S2. The number of ketones is 2. The summed E-state index contributed by atoms with van der Waals surface area (Å²) < 4.78 is 3.19. The number of aryl methyl sites for hydroxylation is 1. The number of imidazole rings is 1. The number of thiophene rings is 1. The van der Waals surface area contributed by atoms with Crippen LogP contribution in [-0.2, 0) is 7.05 Å². The van der Waals surface area contributed by atoms with Gasteiger partial charge >= 0.3 is 0 Å². The summed E-state index contributed by atoms with van der Waals surface area (Å²) in [6.07, 6.45) is 1.61. The van der Waals surface area contributed by atoms with Crippen molar-refractivity contribution in [2.24, 2.45) is 7.05 Å². The summed E-state index contributed by atoms with van der Waals surface area (Å²) in [6, 6.07) is 21.8. The lowest BCUT2D eigenvalue weighted by Crippen LogP contribution is -2.00. The van der Waals surface area contributed by atoms with Gasteiger partial charge in [0.2, 0.25) is 0 Å². The number of carbonyl (C=O) groups excluding carboxylic acids is 2. The molecular weight excluding hydrogens is 462 g/mol. The Balaban J connectivity index is 1.29. The van der Waals surface area contributed by atoms with Crippen LogP contribution in [0, 0.1) is 0 Å². The van der Waals surface area contributed by atoms with E-state index in [1.807, 2.05) is 60.1 Å². The molecule has 0 radical (unpaired) electrons. The van der Waals surface area contributed by atoms with Crippen molar-refractivity contribution in [3.63, 3.8) is 0 Å². The van der Waals surface area contributed by atoms with E-state index in [2.05, 4.69) is 18.2 Å². The minimum atomic E-state index is -0.246. The normalized spacial score (nSPS) is 13.5. The number of hydrogen-bond donors (Lipinski definition) is 0. The molecule has 5 nitrogen and oxygen atoms in total. The van der Waals surface area contributed by atoms with Gasteiger partial charge in [-0.15, -0.1) is 11.3 Å². The second-order valence-electron chi connectivity index (χ2n) is 8.28. The number of rotatable bonds is 2. The summed E-state index contributed by atoms with van der Waals surface area (Å²) in [5.74, 6) is 0.370. The Morgan fingerprint density at radius 2 is 1.44 bits per heavy atom. The van der Waals surface area contributed by atoms with E-state index in [4.69, 9.17) is 9.97 Å². The molecule has 7 rings (SSSR count). The molecule has 0 amide bonds. The fourth-order valence-corrected chi connectivity index (χ4v) is 6.52. The predicted molar refractivity (Wildman–Crippen MR) is 138 cm³/mol. The lowest BCUT2D eigenvalue weighted by molar-refractivity contribution is 0.0990. The van der Waals surface area contributed by atoms with Crippen LogP contribution in [0.3, 0.4) is 0 Å². The van der Waals surface area contributed by atoms with Crippen LogP contribution in [0.25, 0.3) is 48.1 Å². The summed E-state index contributed by atoms with van der Waals surface area (Å²) in [6.45, 7) is 0. The highest BCUT2D eigenvalue weighted by atomic mass is 32.1. The first-order valence-corrected chi connectivity index (χ1v) is 12.4. The van der Waals surface area contributed by atoms with Gasteiger partial charge in [-0.05, 0) is 46.5 Å². The number of benzene rings is 3. The topological polar surface area (TPSA) is 64.8 Å². The van der Waals surface area contributed by atoms with Gasteiger partial charge in [0.05, 0.1) is 10.5 Å². The largest absolute Gasteiger partial charge is 0.310 e. The minimum Gasteiger partial charge on any atom is -0.310 e. The van der Waals surface area contributed by atoms with Crippen LogP contribution in [0.15, 0.2) is 72.3 Å². The smallest absolute Gasteiger partial charge is 0.197 e. The molecule has 7 heteroatoms. The number of allylic oxidation sites excluding steroid dienone is 1. The molecule has 0 bridgehead atoms. The maximum Gasteiger partial charge on any atom is 0.197 e. The average Bonchev–Trinajstić information content (AvgIpc) is 3.58. The fourth-order valence-electron chi connectivity index (χ4n) is 4.52. The Morgan fingerprint density at radius 1 is 0.794 bits per heavy atom. The van der Waals surface area contributed by atoms with Gasteiger partial charge < -0.3 is 4.57 Å². The quantitative estimate of drug-likeness (QED) is 0.210. The molecule has 34 heavy (non-hydrogen) atoms. The molecule has 0 N–H and O–H groups in total. The summed E-state index contributed by atoms with van der Waals surface area (Å²) >= 11 is 3.09. The molecule has 1 aliphatic carbocycles. The maximum atomic E-state index is 13.1. The second-order valence-corrected chi connectivity index (χ2v) is 10.4. The maximum absolute atomic E-state index is 13.1. The van der Waals surface area contributed by atoms with Crippen molar-refractivity contribution >= 4 is 71.7 Å². The number of aromatic nitrogens is 3. The highest BCUT2D eigenvalue weighted by Gasteiger charge is 2.33. The van der Waals surface area contributed by atoms with E-state index in [-0.39, 0.29) is 17.1 Å². The first kappa shape index (κ1) is 19.5. The third-order valence-corrected chi connectivity index (χ3v) is 8.23. The SMILES string of the molecule is Cn1c(-c2cc3ccccc3s2)nc2sc(C=C3C(=O)c4cc5ccccc5cc4C3=O)nc21. The zero-order chi connectivity index (χ0) is 23.0. The monoisotopic (exact) mass is 477 g/mol. The van der Waals surface area contributed by atoms with Gasteiger partial charge in [-0.1, -0.05) is 53.8 Å². The second kappa shape index (κ2) is 7.03. The van der Waals surface area contributed by atoms with Crippen molar-refractivity contribution in [1.82, 2.24) is 14.5 Å². The molecule has 0 unspecified atom stereocenters. The van der Waals surface area contributed by atoms with Gasteiger partial charge in [0.15, 0.2) is 27.9 Å². The lowest BCUT2D eigenvalue weighted by atomic mass is 10.0. The Labute approximate surface area is 201 Å². The van der Waals surface area contributed by atoms with Gasteiger partial charge in [-0.3, -0.25) is 9.59 Å². The van der Waals surface area contributed by atoms with E-state index in [1.54, 1.807) is 17.4 Å². The molecule has 0 fully saturated rings. The van der Waals surface area contributed by atoms with Crippen molar-refractivity contribution in [2.75, 3.05) is 0 Å². The van der Waals surface area contributed by atoms with E-state index in [0.29, 0.717) is 16.1 Å². The van der Waals surface area contributed by atoms with Gasteiger partial charge in [0.1, 0.15) is 5.01 Å². The van der Waals surface area contributed by atoms with Crippen molar-refractivity contribution in [2.45, 2.75) is 0 Å². The number of fused-ring (bicyclic) bond motifs is 4. The van der Waals surface area contributed by atoms with E-state index < -0.39 is 0 Å². The third-order valence-electron chi connectivity index (χ3n) is 6.23. The van der Waals surface area contributed by atoms with Crippen molar-refractivity contribution in [3.8, 4) is 10.7 Å². The third kappa shape index (κ3) is 2.77. The van der Waals surface area contributed by atoms with Crippen LogP contribution in [0.2, 0.25) is 0 Å². The highest BCUT2D eigenvalue weighted by molar-refractivity contribution is 7.22. The Bertz CT molecular complexity index is 1780. The van der Waals surface area contributed by atoms with Crippen molar-refractivity contribution in [1.29, 1.82) is 0 Å². The number of Topliss-reactive ketones (excluding diaryl/α,β-unsaturated/α-hetero) is 2. The van der Waals surface area contributed by atoms with Crippen LogP contribution in [0.1, 0.15) is 25.7 Å². The van der Waals surface area contributed by atoms with Crippen LogP contribution in [0.5, 0.6) is 0 Å². The molecule has 0 saturated heterocycles. The first-order valence-electron chi connectivity index (χ1n) is 10.7. The summed E-state index contributed by atoms with van der Waals surface area (Å²) in [5, 5.41) is 3.69. The molecule has 0 saturated carbocycles. The van der Waals surface area contributed by atoms with E-state index in [9.17, 15) is 9.59 Å². The van der Waals surface area contributed by atoms with Crippen molar-refractivity contribution < 1.29 is 9.59 Å². The van der Waals surface area contributed by atoms with E-state index in [0.717, 1.165) is 32.0 Å². The summed E-state index contributed by atoms with van der Waals surface area (Å²) in [4.78, 5) is 37.5. The average molecular weight is 478 g/mol. The molecule has 0 atom stereocenters. The summed E-state index contributed by atoms with van der Waals surface area (Å²) in [5.41, 5.74) is 1.82. The minimum absolute atomic E-state index is 0.161. The molecule has 0 spiro atoms. The molecule has 0 aliphatic heterocycles.